The first kappa shape index (κ1) is 26.0. The van der Waals surface area contributed by atoms with E-state index in [0.29, 0.717) is 17.7 Å². The van der Waals surface area contributed by atoms with Crippen molar-refractivity contribution in [2.45, 2.75) is 36.9 Å². The van der Waals surface area contributed by atoms with Gasteiger partial charge >= 0.3 is 6.18 Å². The van der Waals surface area contributed by atoms with E-state index in [9.17, 15) is 40.3 Å². The van der Waals surface area contributed by atoms with Crippen LogP contribution in [0.15, 0.2) is 48.5 Å². The van der Waals surface area contributed by atoms with Crippen molar-refractivity contribution in [3.63, 3.8) is 0 Å². The van der Waals surface area contributed by atoms with Gasteiger partial charge in [0.2, 0.25) is 5.92 Å². The maximum absolute atomic E-state index is 14.0. The lowest BCUT2D eigenvalue weighted by molar-refractivity contribution is -0.137. The first-order valence-corrected chi connectivity index (χ1v) is 11.6. The van der Waals surface area contributed by atoms with Crippen molar-refractivity contribution < 1.29 is 40.3 Å². The van der Waals surface area contributed by atoms with Gasteiger partial charge in [0.25, 0.3) is 11.8 Å². The summed E-state index contributed by atoms with van der Waals surface area (Å²) in [6.45, 7) is 0. The van der Waals surface area contributed by atoms with Gasteiger partial charge in [-0.15, -0.1) is 0 Å². The first-order valence-electron chi connectivity index (χ1n) is 11.2. The molecule has 38 heavy (non-hydrogen) atoms. The molecule has 5 rings (SSSR count). The summed E-state index contributed by atoms with van der Waals surface area (Å²) in [7, 11) is 0. The maximum atomic E-state index is 14.0. The average molecular weight is 557 g/mol. The van der Waals surface area contributed by atoms with E-state index in [0.717, 1.165) is 12.1 Å². The molecule has 3 aromatic rings. The molecular formula is C26H16ClF7N2O2. The molecule has 1 saturated carbocycles. The summed E-state index contributed by atoms with van der Waals surface area (Å²) in [5.41, 5.74) is -1.63. The lowest BCUT2D eigenvalue weighted by Crippen LogP contribution is -2.33. The largest absolute Gasteiger partial charge is 0.416 e. The Kier molecular flexibility index (Phi) is 6.17. The summed E-state index contributed by atoms with van der Waals surface area (Å²) < 4.78 is 94.6. The molecule has 1 unspecified atom stereocenters. The summed E-state index contributed by atoms with van der Waals surface area (Å²) in [6.07, 6.45) is -5.93. The number of fused-ring (bicyclic) bond motifs is 1. The molecular weight excluding hydrogens is 541 g/mol. The van der Waals surface area contributed by atoms with Crippen LogP contribution in [-0.2, 0) is 6.18 Å². The number of hydrogen-bond donors (Lipinski definition) is 2. The van der Waals surface area contributed by atoms with Gasteiger partial charge in [0.05, 0.1) is 11.6 Å². The minimum atomic E-state index is -4.93. The first-order chi connectivity index (χ1) is 17.7. The molecule has 1 heterocycles. The molecule has 4 nitrogen and oxygen atoms in total. The quantitative estimate of drug-likeness (QED) is 0.333. The van der Waals surface area contributed by atoms with Crippen LogP contribution in [-0.4, -0.2) is 17.7 Å². The summed E-state index contributed by atoms with van der Waals surface area (Å²) in [6, 6.07) is 6.35. The monoisotopic (exact) mass is 556 g/mol. The average Bonchev–Trinajstić information content (AvgIpc) is 3.14. The minimum Gasteiger partial charge on any atom is -0.341 e. The number of anilines is 1. The fourth-order valence-corrected chi connectivity index (χ4v) is 4.97. The molecule has 3 aromatic carbocycles. The number of rotatable bonds is 4. The standard InChI is InChI=1S/C26H16ClF7N2O2/c27-19-2-1-15(28)8-17(19)22-21-18(24(38)36-22)5-11(13-9-25(30,31)10-13)6-20(21)35-23(37)12-3-14(26(32,33)34)7-16(29)4-12/h1-8,13,22H,9-10H2,(H,35,37)(H,36,38). The smallest absolute Gasteiger partial charge is 0.341 e. The van der Waals surface area contributed by atoms with E-state index in [4.69, 9.17) is 11.6 Å². The van der Waals surface area contributed by atoms with Crippen LogP contribution >= 0.6 is 11.6 Å². The molecule has 0 saturated heterocycles. The lowest BCUT2D eigenvalue weighted by atomic mass is 9.75. The van der Waals surface area contributed by atoms with E-state index < -0.39 is 71.5 Å². The second-order valence-corrected chi connectivity index (χ2v) is 9.65. The topological polar surface area (TPSA) is 58.2 Å². The molecule has 198 valence electrons. The number of alkyl halides is 5. The van der Waals surface area contributed by atoms with Gasteiger partial charge in [0.1, 0.15) is 11.6 Å². The number of amides is 2. The van der Waals surface area contributed by atoms with Crippen molar-refractivity contribution in [1.29, 1.82) is 0 Å². The van der Waals surface area contributed by atoms with Gasteiger partial charge in [0, 0.05) is 45.8 Å². The molecule has 1 fully saturated rings. The third kappa shape index (κ3) is 4.82. The number of halogens is 8. The predicted octanol–water partition coefficient (Wildman–Crippen LogP) is 7.23. The number of nitrogens with one attached hydrogen (secondary N) is 2. The summed E-state index contributed by atoms with van der Waals surface area (Å²) >= 11 is 6.23. The molecule has 1 aliphatic carbocycles. The number of hydrogen-bond acceptors (Lipinski definition) is 2. The summed E-state index contributed by atoms with van der Waals surface area (Å²) in [5.74, 6) is -7.33. The van der Waals surface area contributed by atoms with Crippen molar-refractivity contribution in [3.8, 4) is 0 Å². The second kappa shape index (κ2) is 9.00. The van der Waals surface area contributed by atoms with Gasteiger partial charge < -0.3 is 10.6 Å². The molecule has 2 aliphatic rings. The summed E-state index contributed by atoms with van der Waals surface area (Å²) in [5, 5.41) is 5.08. The van der Waals surface area contributed by atoms with Crippen LogP contribution in [0.25, 0.3) is 0 Å². The second-order valence-electron chi connectivity index (χ2n) is 9.24. The SMILES string of the molecule is O=C(Nc1cc(C2CC(F)(F)C2)cc2c1C(c1cc(F)ccc1Cl)NC2=O)c1cc(F)cc(C(F)(F)F)c1. The van der Waals surface area contributed by atoms with E-state index in [1.54, 1.807) is 0 Å². The van der Waals surface area contributed by atoms with Crippen LogP contribution < -0.4 is 10.6 Å². The Morgan fingerprint density at radius 2 is 1.71 bits per heavy atom. The Hall–Kier alpha value is -3.60. The zero-order valence-corrected chi connectivity index (χ0v) is 19.8. The molecule has 1 atom stereocenters. The van der Waals surface area contributed by atoms with Crippen molar-refractivity contribution in [3.05, 3.63) is 98.6 Å². The predicted molar refractivity (Wildman–Crippen MR) is 123 cm³/mol. The Balaban J connectivity index is 1.61. The maximum Gasteiger partial charge on any atom is 0.416 e. The molecule has 12 heteroatoms. The van der Waals surface area contributed by atoms with E-state index in [1.807, 2.05) is 0 Å². The molecule has 0 bridgehead atoms. The van der Waals surface area contributed by atoms with E-state index in [2.05, 4.69) is 10.6 Å². The fraction of sp³-hybridized carbons (Fsp3) is 0.231. The third-order valence-corrected chi connectivity index (χ3v) is 6.92. The van der Waals surface area contributed by atoms with Crippen LogP contribution in [0, 0.1) is 11.6 Å². The van der Waals surface area contributed by atoms with Crippen molar-refractivity contribution in [2.24, 2.45) is 0 Å². The fourth-order valence-electron chi connectivity index (χ4n) is 4.74. The number of benzene rings is 3. The van der Waals surface area contributed by atoms with E-state index in [1.165, 1.54) is 18.2 Å². The van der Waals surface area contributed by atoms with E-state index >= 15 is 0 Å². The highest BCUT2D eigenvalue weighted by atomic mass is 35.5. The van der Waals surface area contributed by atoms with Gasteiger partial charge in [-0.25, -0.2) is 17.6 Å². The van der Waals surface area contributed by atoms with Gasteiger partial charge in [-0.3, -0.25) is 9.59 Å². The minimum absolute atomic E-state index is 0.00596. The molecule has 0 aromatic heterocycles. The van der Waals surface area contributed by atoms with Crippen LogP contribution in [0.4, 0.5) is 36.4 Å². The van der Waals surface area contributed by atoms with Crippen molar-refractivity contribution in [2.75, 3.05) is 5.32 Å². The van der Waals surface area contributed by atoms with Crippen LogP contribution in [0.2, 0.25) is 5.02 Å². The summed E-state index contributed by atoms with van der Waals surface area (Å²) in [4.78, 5) is 25.9. The molecule has 0 spiro atoms. The van der Waals surface area contributed by atoms with Crippen LogP contribution in [0.3, 0.4) is 0 Å². The van der Waals surface area contributed by atoms with Gasteiger partial charge in [0.15, 0.2) is 0 Å². The van der Waals surface area contributed by atoms with E-state index in [-0.39, 0.29) is 33.5 Å². The highest BCUT2D eigenvalue weighted by Crippen LogP contribution is 2.50. The van der Waals surface area contributed by atoms with Crippen LogP contribution in [0.1, 0.15) is 67.8 Å². The lowest BCUT2D eigenvalue weighted by Gasteiger charge is -2.35. The van der Waals surface area contributed by atoms with Crippen molar-refractivity contribution in [1.82, 2.24) is 5.32 Å². The zero-order chi connectivity index (χ0) is 27.6. The normalized spacial score (nSPS) is 18.5. The third-order valence-electron chi connectivity index (χ3n) is 6.58. The molecule has 0 radical (unpaired) electrons. The Morgan fingerprint density at radius 1 is 1.00 bits per heavy atom. The zero-order valence-electron chi connectivity index (χ0n) is 19.0. The van der Waals surface area contributed by atoms with Crippen molar-refractivity contribution >= 4 is 29.1 Å². The molecule has 2 N–H and O–H groups in total. The Bertz CT molecular complexity index is 1480. The van der Waals surface area contributed by atoms with Crippen LogP contribution in [0.5, 0.6) is 0 Å². The molecule has 2 amide bonds. The van der Waals surface area contributed by atoms with Gasteiger partial charge in [-0.2, -0.15) is 13.2 Å². The highest BCUT2D eigenvalue weighted by Gasteiger charge is 2.47. The number of carbonyl (C=O) groups is 2. The number of carbonyl (C=O) groups excluding carboxylic acids is 2. The van der Waals surface area contributed by atoms with Gasteiger partial charge in [-0.05, 0) is 60.0 Å². The molecule has 1 aliphatic heterocycles. The Labute approximate surface area is 215 Å². The van der Waals surface area contributed by atoms with Gasteiger partial charge in [-0.1, -0.05) is 11.6 Å². The Morgan fingerprint density at radius 3 is 2.37 bits per heavy atom. The highest BCUT2D eigenvalue weighted by molar-refractivity contribution is 6.31.